The first kappa shape index (κ1) is 20.0. The van der Waals surface area contributed by atoms with Crippen molar-refractivity contribution in [1.29, 1.82) is 0 Å². The fourth-order valence-corrected chi connectivity index (χ4v) is 3.65. The predicted octanol–water partition coefficient (Wildman–Crippen LogP) is 4.85. The van der Waals surface area contributed by atoms with Crippen LogP contribution in [-0.4, -0.2) is 19.7 Å². The largest absolute Gasteiger partial charge is 0.306 e. The normalized spacial score (nSPS) is 11.1. The Labute approximate surface area is 177 Å². The molecule has 0 aliphatic heterocycles. The number of aryl methyl sites for hydroxylation is 4. The number of rotatable bonds is 6. The monoisotopic (exact) mass is 397 g/mol. The highest BCUT2D eigenvalue weighted by Crippen LogP contribution is 2.25. The lowest BCUT2D eigenvalue weighted by Gasteiger charge is -2.07. The third kappa shape index (κ3) is 4.47. The van der Waals surface area contributed by atoms with Gasteiger partial charge in [0.15, 0.2) is 0 Å². The van der Waals surface area contributed by atoms with Gasteiger partial charge in [-0.05, 0) is 51.0 Å². The van der Waals surface area contributed by atoms with E-state index in [0.717, 1.165) is 39.7 Å². The maximum Gasteiger partial charge on any atom is 0.142 e. The minimum absolute atomic E-state index is 0.616. The smallest absolute Gasteiger partial charge is 0.142 e. The Kier molecular flexibility index (Phi) is 5.72. The Morgan fingerprint density at radius 2 is 1.57 bits per heavy atom. The molecule has 5 heteroatoms. The first-order chi connectivity index (χ1) is 14.5. The topological polar surface area (TPSA) is 55.6 Å². The molecule has 0 spiro atoms. The zero-order valence-corrected chi connectivity index (χ0v) is 18.0. The van der Waals surface area contributed by atoms with Crippen LogP contribution in [0.3, 0.4) is 0 Å². The van der Waals surface area contributed by atoms with Crippen LogP contribution in [-0.2, 0) is 13.1 Å². The van der Waals surface area contributed by atoms with Gasteiger partial charge < -0.3 is 5.32 Å². The molecule has 30 heavy (non-hydrogen) atoms. The van der Waals surface area contributed by atoms with Crippen molar-refractivity contribution in [3.05, 3.63) is 94.7 Å². The summed E-state index contributed by atoms with van der Waals surface area (Å²) in [6.07, 6.45) is 2.12. The van der Waals surface area contributed by atoms with Crippen molar-refractivity contribution in [2.45, 2.75) is 40.8 Å². The van der Waals surface area contributed by atoms with Gasteiger partial charge in [0.2, 0.25) is 0 Å². The van der Waals surface area contributed by atoms with Gasteiger partial charge in [0.05, 0.1) is 17.9 Å². The molecule has 0 bridgehead atoms. The van der Waals surface area contributed by atoms with Crippen LogP contribution in [0.1, 0.15) is 33.9 Å². The van der Waals surface area contributed by atoms with Crippen molar-refractivity contribution in [2.24, 2.45) is 0 Å². The van der Waals surface area contributed by atoms with E-state index in [4.69, 9.17) is 5.10 Å². The van der Waals surface area contributed by atoms with Gasteiger partial charge in [-0.1, -0.05) is 42.5 Å². The van der Waals surface area contributed by atoms with Gasteiger partial charge in [-0.25, -0.2) is 14.6 Å². The molecule has 0 fully saturated rings. The molecule has 0 atom stereocenters. The number of benzene rings is 2. The third-order valence-electron chi connectivity index (χ3n) is 5.08. The van der Waals surface area contributed by atoms with Crippen molar-refractivity contribution < 1.29 is 0 Å². The molecule has 0 amide bonds. The number of hydrogen-bond acceptors (Lipinski definition) is 4. The van der Waals surface area contributed by atoms with Crippen LogP contribution in [0, 0.1) is 27.7 Å². The molecule has 0 saturated heterocycles. The predicted molar refractivity (Wildman–Crippen MR) is 121 cm³/mol. The van der Waals surface area contributed by atoms with Gasteiger partial charge in [-0.3, -0.25) is 0 Å². The second kappa shape index (κ2) is 8.59. The number of nitrogens with one attached hydrogen (secondary N) is 1. The molecule has 2 aromatic heterocycles. The minimum Gasteiger partial charge on any atom is -0.306 e. The number of nitrogens with zero attached hydrogens (tertiary/aromatic N) is 4. The Hall–Kier alpha value is -3.31. The molecule has 0 saturated carbocycles. The lowest BCUT2D eigenvalue weighted by atomic mass is 10.1. The lowest BCUT2D eigenvalue weighted by Crippen LogP contribution is -2.15. The van der Waals surface area contributed by atoms with E-state index in [2.05, 4.69) is 65.7 Å². The van der Waals surface area contributed by atoms with Crippen LogP contribution in [0.4, 0.5) is 0 Å². The third-order valence-corrected chi connectivity index (χ3v) is 5.08. The van der Waals surface area contributed by atoms with Crippen LogP contribution in [0.15, 0.2) is 60.8 Å². The van der Waals surface area contributed by atoms with Crippen LogP contribution in [0.2, 0.25) is 0 Å². The van der Waals surface area contributed by atoms with Crippen LogP contribution < -0.4 is 5.32 Å². The van der Waals surface area contributed by atoms with Gasteiger partial charge in [0.1, 0.15) is 5.82 Å². The van der Waals surface area contributed by atoms with Gasteiger partial charge in [0.25, 0.3) is 0 Å². The number of hydrogen-bond donors (Lipinski definition) is 1. The molecule has 152 valence electrons. The highest BCUT2D eigenvalue weighted by atomic mass is 15.3. The van der Waals surface area contributed by atoms with E-state index in [1.807, 2.05) is 42.8 Å². The van der Waals surface area contributed by atoms with Gasteiger partial charge in [0, 0.05) is 35.3 Å². The Bertz CT molecular complexity index is 1140. The second-order valence-corrected chi connectivity index (χ2v) is 7.77. The SMILES string of the molecule is Cc1ccc(C)c(-n2cc(CNCc3nc(C)cc(C)n3)c(-c3ccccc3)n2)c1. The maximum atomic E-state index is 4.95. The molecular weight excluding hydrogens is 370 g/mol. The molecule has 0 aliphatic rings. The van der Waals surface area contributed by atoms with Gasteiger partial charge in [-0.15, -0.1) is 0 Å². The summed E-state index contributed by atoms with van der Waals surface area (Å²) in [5.74, 6) is 0.815. The lowest BCUT2D eigenvalue weighted by molar-refractivity contribution is 0.658. The van der Waals surface area contributed by atoms with Crippen molar-refractivity contribution >= 4 is 0 Å². The van der Waals surface area contributed by atoms with Crippen molar-refractivity contribution in [1.82, 2.24) is 25.1 Å². The van der Waals surface area contributed by atoms with E-state index in [9.17, 15) is 0 Å². The Morgan fingerprint density at radius 3 is 2.30 bits per heavy atom. The van der Waals surface area contributed by atoms with E-state index in [0.29, 0.717) is 13.1 Å². The van der Waals surface area contributed by atoms with E-state index in [-0.39, 0.29) is 0 Å². The quantitative estimate of drug-likeness (QED) is 0.505. The fourth-order valence-electron chi connectivity index (χ4n) is 3.65. The molecule has 4 aromatic rings. The van der Waals surface area contributed by atoms with E-state index in [1.54, 1.807) is 0 Å². The number of aromatic nitrogens is 4. The van der Waals surface area contributed by atoms with E-state index >= 15 is 0 Å². The molecule has 0 unspecified atom stereocenters. The molecule has 0 radical (unpaired) electrons. The highest BCUT2D eigenvalue weighted by Gasteiger charge is 2.13. The second-order valence-electron chi connectivity index (χ2n) is 7.77. The highest BCUT2D eigenvalue weighted by molar-refractivity contribution is 5.63. The minimum atomic E-state index is 0.616. The maximum absolute atomic E-state index is 4.95. The standard InChI is InChI=1S/C25H27N5/c1-17-10-11-18(2)23(12-17)30-16-22(25(29-30)21-8-6-5-7-9-21)14-26-15-24-27-19(3)13-20(4)28-24/h5-13,16,26H,14-15H2,1-4H3. The van der Waals surface area contributed by atoms with E-state index in [1.165, 1.54) is 11.1 Å². The van der Waals surface area contributed by atoms with Crippen molar-refractivity contribution in [3.63, 3.8) is 0 Å². The van der Waals surface area contributed by atoms with Crippen LogP contribution in [0.5, 0.6) is 0 Å². The Morgan fingerprint density at radius 1 is 0.833 bits per heavy atom. The fraction of sp³-hybridized carbons (Fsp3) is 0.240. The molecule has 2 aromatic carbocycles. The summed E-state index contributed by atoms with van der Waals surface area (Å²) in [6, 6.07) is 18.8. The zero-order valence-electron chi connectivity index (χ0n) is 18.0. The van der Waals surface area contributed by atoms with Crippen LogP contribution >= 0.6 is 0 Å². The molecule has 2 heterocycles. The van der Waals surface area contributed by atoms with Gasteiger partial charge >= 0.3 is 0 Å². The molecule has 1 N–H and O–H groups in total. The summed E-state index contributed by atoms with van der Waals surface area (Å²) in [4.78, 5) is 9.05. The zero-order chi connectivity index (χ0) is 21.1. The summed E-state index contributed by atoms with van der Waals surface area (Å²) in [6.45, 7) is 9.53. The summed E-state index contributed by atoms with van der Waals surface area (Å²) >= 11 is 0. The summed E-state index contributed by atoms with van der Waals surface area (Å²) in [5, 5.41) is 8.45. The Balaban J connectivity index is 1.64. The summed E-state index contributed by atoms with van der Waals surface area (Å²) in [7, 11) is 0. The first-order valence-corrected chi connectivity index (χ1v) is 10.2. The van der Waals surface area contributed by atoms with Gasteiger partial charge in [-0.2, -0.15) is 5.10 Å². The first-order valence-electron chi connectivity index (χ1n) is 10.2. The molecule has 0 aliphatic carbocycles. The molecular formula is C25H27N5. The summed E-state index contributed by atoms with van der Waals surface area (Å²) < 4.78 is 2.00. The summed E-state index contributed by atoms with van der Waals surface area (Å²) in [5.41, 5.74) is 8.76. The molecule has 5 nitrogen and oxygen atoms in total. The van der Waals surface area contributed by atoms with E-state index < -0.39 is 0 Å². The molecule has 4 rings (SSSR count). The van der Waals surface area contributed by atoms with Crippen LogP contribution in [0.25, 0.3) is 16.9 Å². The average Bonchev–Trinajstić information content (AvgIpc) is 3.14. The van der Waals surface area contributed by atoms with Crippen molar-refractivity contribution in [2.75, 3.05) is 0 Å². The van der Waals surface area contributed by atoms with Crippen molar-refractivity contribution in [3.8, 4) is 16.9 Å². The average molecular weight is 398 g/mol.